The molecule has 5 rings (SSSR count). The largest absolute Gasteiger partial charge is 0.357 e. The van der Waals surface area contributed by atoms with Crippen LogP contribution in [0.25, 0.3) is 0 Å². The first-order valence-corrected chi connectivity index (χ1v) is 8.70. The zero-order chi connectivity index (χ0) is 16.9. The number of hydrogen-bond donors (Lipinski definition) is 0. The van der Waals surface area contributed by atoms with E-state index in [1.165, 1.54) is 16.7 Å². The van der Waals surface area contributed by atoms with Gasteiger partial charge in [0.25, 0.3) is 0 Å². The molecule has 2 aromatic carbocycles. The van der Waals surface area contributed by atoms with E-state index in [-0.39, 0.29) is 11.9 Å². The first-order chi connectivity index (χ1) is 12.3. The molecule has 0 spiro atoms. The van der Waals surface area contributed by atoms with Gasteiger partial charge in [0.05, 0.1) is 11.5 Å². The van der Waals surface area contributed by atoms with Gasteiger partial charge in [0.15, 0.2) is 5.78 Å². The molecule has 2 heteroatoms. The number of allylic oxidation sites excluding steroid dienone is 2. The first-order valence-electron chi connectivity index (χ1n) is 8.70. The van der Waals surface area contributed by atoms with E-state index in [1.54, 1.807) is 6.08 Å². The van der Waals surface area contributed by atoms with Crippen LogP contribution < -0.4 is 0 Å². The fraction of sp³-hybridized carbons (Fsp3) is 0.174. The van der Waals surface area contributed by atoms with Gasteiger partial charge in [-0.1, -0.05) is 78.9 Å². The fourth-order valence-corrected chi connectivity index (χ4v) is 4.54. The van der Waals surface area contributed by atoms with Crippen molar-refractivity contribution in [3.8, 4) is 0 Å². The zero-order valence-corrected chi connectivity index (χ0v) is 13.8. The summed E-state index contributed by atoms with van der Waals surface area (Å²) in [5, 5.41) is 0. The number of carbonyl (C=O) groups is 1. The third kappa shape index (κ3) is 1.92. The maximum Gasteiger partial charge on any atom is 0.188 e. The number of carbonyl (C=O) groups excluding carboxylic acids is 1. The van der Waals surface area contributed by atoms with Gasteiger partial charge >= 0.3 is 0 Å². The SMILES string of the molecule is O=C1C=C[C@@H]2O[C@H]1C1=C(C=CC1)C2(c1ccccc1)c1ccccc1. The summed E-state index contributed by atoms with van der Waals surface area (Å²) in [7, 11) is 0. The molecule has 0 saturated heterocycles. The zero-order valence-electron chi connectivity index (χ0n) is 13.8. The molecule has 2 aliphatic heterocycles. The number of ketones is 1. The molecular weight excluding hydrogens is 308 g/mol. The summed E-state index contributed by atoms with van der Waals surface area (Å²) < 4.78 is 6.34. The number of rotatable bonds is 2. The molecule has 2 nitrogen and oxygen atoms in total. The van der Waals surface area contributed by atoms with Crippen molar-refractivity contribution in [2.45, 2.75) is 24.0 Å². The minimum atomic E-state index is -0.430. The average Bonchev–Trinajstić information content (AvgIpc) is 3.16. The second-order valence-corrected chi connectivity index (χ2v) is 6.78. The number of ether oxygens (including phenoxy) is 1. The topological polar surface area (TPSA) is 26.3 Å². The van der Waals surface area contributed by atoms with Crippen LogP contribution in [0.15, 0.2) is 96.1 Å². The molecule has 1 aliphatic carbocycles. The van der Waals surface area contributed by atoms with Crippen LogP contribution in [0.1, 0.15) is 17.5 Å². The van der Waals surface area contributed by atoms with Crippen LogP contribution in [0.2, 0.25) is 0 Å². The Kier molecular flexibility index (Phi) is 3.16. The van der Waals surface area contributed by atoms with Crippen molar-refractivity contribution >= 4 is 5.78 Å². The summed E-state index contributed by atoms with van der Waals surface area (Å²) in [5.74, 6) is 0.0576. The number of benzene rings is 2. The van der Waals surface area contributed by atoms with Gasteiger partial charge in [-0.05, 0) is 34.8 Å². The van der Waals surface area contributed by atoms with Crippen molar-refractivity contribution in [3.63, 3.8) is 0 Å². The Morgan fingerprint density at radius 2 is 1.52 bits per heavy atom. The van der Waals surface area contributed by atoms with Crippen molar-refractivity contribution in [1.29, 1.82) is 0 Å². The van der Waals surface area contributed by atoms with E-state index in [0.717, 1.165) is 12.0 Å². The first kappa shape index (κ1) is 14.6. The maximum absolute atomic E-state index is 12.4. The molecule has 0 radical (unpaired) electrons. The summed E-state index contributed by atoms with van der Waals surface area (Å²) in [6.07, 6.45) is 8.17. The third-order valence-electron chi connectivity index (χ3n) is 5.57. The second-order valence-electron chi connectivity index (χ2n) is 6.78. The molecule has 2 heterocycles. The van der Waals surface area contributed by atoms with E-state index in [9.17, 15) is 4.79 Å². The van der Waals surface area contributed by atoms with E-state index in [4.69, 9.17) is 4.74 Å². The number of hydrogen-bond acceptors (Lipinski definition) is 2. The third-order valence-corrected chi connectivity index (χ3v) is 5.57. The molecule has 122 valence electrons. The summed E-state index contributed by atoms with van der Waals surface area (Å²) in [4.78, 5) is 12.4. The van der Waals surface area contributed by atoms with Crippen molar-refractivity contribution in [1.82, 2.24) is 0 Å². The maximum atomic E-state index is 12.4. The lowest BCUT2D eigenvalue weighted by Gasteiger charge is -2.48. The predicted molar refractivity (Wildman–Crippen MR) is 97.3 cm³/mol. The molecule has 25 heavy (non-hydrogen) atoms. The van der Waals surface area contributed by atoms with Gasteiger partial charge in [0, 0.05) is 0 Å². The van der Waals surface area contributed by atoms with Crippen LogP contribution >= 0.6 is 0 Å². The summed E-state index contributed by atoms with van der Waals surface area (Å²) in [6, 6.07) is 21.0. The molecule has 0 N–H and O–H groups in total. The van der Waals surface area contributed by atoms with Crippen LogP contribution in [0, 0.1) is 0 Å². The molecule has 0 amide bonds. The van der Waals surface area contributed by atoms with Gasteiger partial charge in [-0.25, -0.2) is 0 Å². The standard InChI is InChI=1S/C23H18O2/c24-20-14-15-21-23(16-8-3-1-4-9-16,17-10-5-2-6-11-17)19-13-7-12-18(19)22(20)25-21/h1-11,13-15,21-22H,12H2/t21-,22-/m0/s1. The summed E-state index contributed by atoms with van der Waals surface area (Å²) >= 11 is 0. The molecule has 0 aromatic heterocycles. The Morgan fingerprint density at radius 3 is 2.16 bits per heavy atom. The van der Waals surface area contributed by atoms with Gasteiger partial charge in [0.1, 0.15) is 6.10 Å². The van der Waals surface area contributed by atoms with Crippen molar-refractivity contribution in [3.05, 3.63) is 107 Å². The minimum Gasteiger partial charge on any atom is -0.357 e. The highest BCUT2D eigenvalue weighted by atomic mass is 16.5. The molecule has 0 saturated carbocycles. The van der Waals surface area contributed by atoms with Crippen LogP contribution in [0.4, 0.5) is 0 Å². The van der Waals surface area contributed by atoms with E-state index in [0.29, 0.717) is 0 Å². The summed E-state index contributed by atoms with van der Waals surface area (Å²) in [6.45, 7) is 0. The molecule has 2 bridgehead atoms. The second kappa shape index (κ2) is 5.40. The van der Waals surface area contributed by atoms with Gasteiger partial charge < -0.3 is 4.74 Å². The summed E-state index contributed by atoms with van der Waals surface area (Å²) in [5.41, 5.74) is 4.31. The monoisotopic (exact) mass is 326 g/mol. The Bertz CT molecular complexity index is 880. The van der Waals surface area contributed by atoms with Crippen molar-refractivity contribution < 1.29 is 9.53 Å². The van der Waals surface area contributed by atoms with Crippen LogP contribution in [0.5, 0.6) is 0 Å². The predicted octanol–water partition coefficient (Wildman–Crippen LogP) is 4.14. The molecule has 0 fully saturated rings. The smallest absolute Gasteiger partial charge is 0.188 e. The lowest BCUT2D eigenvalue weighted by molar-refractivity contribution is -0.130. The van der Waals surface area contributed by atoms with E-state index < -0.39 is 11.5 Å². The van der Waals surface area contributed by atoms with Gasteiger partial charge in [-0.15, -0.1) is 0 Å². The van der Waals surface area contributed by atoms with Crippen molar-refractivity contribution in [2.75, 3.05) is 0 Å². The van der Waals surface area contributed by atoms with Crippen LogP contribution in [-0.4, -0.2) is 18.0 Å². The van der Waals surface area contributed by atoms with Gasteiger partial charge in [0.2, 0.25) is 0 Å². The van der Waals surface area contributed by atoms with Crippen LogP contribution in [0.3, 0.4) is 0 Å². The normalized spacial score (nSPS) is 26.0. The van der Waals surface area contributed by atoms with E-state index in [2.05, 4.69) is 60.7 Å². The van der Waals surface area contributed by atoms with E-state index in [1.807, 2.05) is 18.2 Å². The van der Waals surface area contributed by atoms with Crippen molar-refractivity contribution in [2.24, 2.45) is 0 Å². The molecule has 0 unspecified atom stereocenters. The Balaban J connectivity index is 1.87. The Hall–Kier alpha value is -2.71. The highest BCUT2D eigenvalue weighted by molar-refractivity contribution is 5.98. The Morgan fingerprint density at radius 1 is 0.880 bits per heavy atom. The molecule has 2 atom stereocenters. The minimum absolute atomic E-state index is 0.0576. The molecule has 3 aliphatic rings. The molecule has 2 aromatic rings. The molecular formula is C23H18O2. The highest BCUT2D eigenvalue weighted by Crippen LogP contribution is 2.53. The van der Waals surface area contributed by atoms with Gasteiger partial charge in [-0.2, -0.15) is 0 Å². The van der Waals surface area contributed by atoms with Crippen LogP contribution in [-0.2, 0) is 14.9 Å². The van der Waals surface area contributed by atoms with E-state index >= 15 is 0 Å². The highest BCUT2D eigenvalue weighted by Gasteiger charge is 2.53. The van der Waals surface area contributed by atoms with Gasteiger partial charge in [-0.3, -0.25) is 4.79 Å². The quantitative estimate of drug-likeness (QED) is 0.829. The lowest BCUT2D eigenvalue weighted by atomic mass is 9.62. The average molecular weight is 326 g/mol. The lowest BCUT2D eigenvalue weighted by Crippen LogP contribution is -2.52. The fourth-order valence-electron chi connectivity index (χ4n) is 4.54. The Labute approximate surface area is 147 Å². The number of fused-ring (bicyclic) bond motifs is 3.